The summed E-state index contributed by atoms with van der Waals surface area (Å²) in [4.78, 5) is 40.8. The Morgan fingerprint density at radius 2 is 1.86 bits per heavy atom. The largest absolute Gasteiger partial charge is 0.482 e. The predicted octanol–water partition coefficient (Wildman–Crippen LogP) is 2.29. The second-order valence-electron chi connectivity index (χ2n) is 7.03. The van der Waals surface area contributed by atoms with Crippen LogP contribution in [0.1, 0.15) is 24.5 Å². The van der Waals surface area contributed by atoms with Crippen LogP contribution in [0, 0.1) is 0 Å². The molecular weight excluding hydrogens is 374 g/mol. The van der Waals surface area contributed by atoms with E-state index < -0.39 is 18.0 Å². The van der Waals surface area contributed by atoms with Gasteiger partial charge in [0.2, 0.25) is 0 Å². The first-order valence-electron chi connectivity index (χ1n) is 9.45. The first-order valence-corrected chi connectivity index (χ1v) is 9.45. The Hall–Kier alpha value is -3.55. The lowest BCUT2D eigenvalue weighted by Crippen LogP contribution is -2.31. The number of amides is 1. The zero-order valence-corrected chi connectivity index (χ0v) is 15.9. The van der Waals surface area contributed by atoms with Gasteiger partial charge in [-0.1, -0.05) is 6.07 Å². The molecule has 4 rings (SSSR count). The maximum Gasteiger partial charge on any atom is 0.344 e. The number of ether oxygens (including phenoxy) is 2. The van der Waals surface area contributed by atoms with E-state index in [1.807, 2.05) is 18.2 Å². The molecule has 150 valence electrons. The summed E-state index contributed by atoms with van der Waals surface area (Å²) in [6.45, 7) is 1.21. The zero-order chi connectivity index (χ0) is 20.4. The van der Waals surface area contributed by atoms with Crippen molar-refractivity contribution in [1.82, 2.24) is 9.97 Å². The molecular formula is C21H21N3O5. The highest BCUT2D eigenvalue weighted by molar-refractivity contribution is 5.96. The highest BCUT2D eigenvalue weighted by atomic mass is 16.6. The molecule has 1 aliphatic carbocycles. The molecule has 1 heterocycles. The van der Waals surface area contributed by atoms with Gasteiger partial charge in [-0.3, -0.25) is 4.79 Å². The number of imidazole rings is 1. The number of carbonyl (C=O) groups excluding carboxylic acids is 2. The molecule has 8 heteroatoms. The van der Waals surface area contributed by atoms with Gasteiger partial charge in [0.05, 0.1) is 11.0 Å². The molecule has 3 N–H and O–H groups in total. The van der Waals surface area contributed by atoms with Crippen LogP contribution < -0.4 is 15.7 Å². The number of hydrogen-bond acceptors (Lipinski definition) is 5. The van der Waals surface area contributed by atoms with Crippen LogP contribution in [0.5, 0.6) is 5.75 Å². The van der Waals surface area contributed by atoms with Crippen molar-refractivity contribution in [2.75, 3.05) is 11.9 Å². The third kappa shape index (κ3) is 4.31. The minimum Gasteiger partial charge on any atom is -0.482 e. The number of hydrogen-bond donors (Lipinski definition) is 3. The standard InChI is InChI=1S/C21H21N3O5/c1-12(20(26)22-15-6-8-17-18(10-15)24-21(27)23-17)29-19(25)11-28-16-7-5-13-3-2-4-14(13)9-16/h5-10,12H,2-4,11H2,1H3,(H,22,26)(H2,23,24,27)/t12-/m0/s1. The molecule has 0 fully saturated rings. The number of benzene rings is 2. The first-order chi connectivity index (χ1) is 14.0. The second-order valence-corrected chi connectivity index (χ2v) is 7.03. The molecule has 1 amide bonds. The monoisotopic (exact) mass is 395 g/mol. The van der Waals surface area contributed by atoms with Crippen molar-refractivity contribution in [3.05, 3.63) is 58.0 Å². The van der Waals surface area contributed by atoms with E-state index in [0.29, 0.717) is 22.5 Å². The number of esters is 1. The number of fused-ring (bicyclic) bond motifs is 2. The van der Waals surface area contributed by atoms with Gasteiger partial charge in [-0.05, 0) is 67.6 Å². The highest BCUT2D eigenvalue weighted by Gasteiger charge is 2.19. The van der Waals surface area contributed by atoms with Crippen LogP contribution in [0.4, 0.5) is 5.69 Å². The van der Waals surface area contributed by atoms with Gasteiger partial charge in [0.25, 0.3) is 5.91 Å². The Bertz CT molecular complexity index is 1130. The van der Waals surface area contributed by atoms with E-state index in [-0.39, 0.29) is 12.3 Å². The third-order valence-electron chi connectivity index (χ3n) is 4.89. The SMILES string of the molecule is C[C@H](OC(=O)COc1ccc2c(c1)CCC2)C(=O)Nc1ccc2[nH]c(=O)[nH]c2c1. The number of rotatable bonds is 6. The molecule has 0 radical (unpaired) electrons. The summed E-state index contributed by atoms with van der Waals surface area (Å²) < 4.78 is 10.6. The van der Waals surface area contributed by atoms with Crippen molar-refractivity contribution < 1.29 is 19.1 Å². The smallest absolute Gasteiger partial charge is 0.344 e. The van der Waals surface area contributed by atoms with Crippen LogP contribution in [-0.2, 0) is 27.2 Å². The molecule has 0 aliphatic heterocycles. The lowest BCUT2D eigenvalue weighted by Gasteiger charge is -2.14. The Labute approximate surface area is 166 Å². The van der Waals surface area contributed by atoms with Gasteiger partial charge in [-0.15, -0.1) is 0 Å². The zero-order valence-electron chi connectivity index (χ0n) is 15.9. The fourth-order valence-electron chi connectivity index (χ4n) is 3.42. The quantitative estimate of drug-likeness (QED) is 0.554. The average Bonchev–Trinajstić information content (AvgIpc) is 3.30. The number of aryl methyl sites for hydroxylation is 2. The lowest BCUT2D eigenvalue weighted by atomic mass is 10.1. The molecule has 1 aliphatic rings. The second kappa shape index (κ2) is 7.83. The fraction of sp³-hybridized carbons (Fsp3) is 0.286. The topological polar surface area (TPSA) is 113 Å². The van der Waals surface area contributed by atoms with E-state index >= 15 is 0 Å². The lowest BCUT2D eigenvalue weighted by molar-refractivity contribution is -0.155. The van der Waals surface area contributed by atoms with Crippen molar-refractivity contribution in [1.29, 1.82) is 0 Å². The van der Waals surface area contributed by atoms with Crippen molar-refractivity contribution >= 4 is 28.6 Å². The summed E-state index contributed by atoms with van der Waals surface area (Å²) in [5.74, 6) is -0.486. The van der Waals surface area contributed by atoms with Gasteiger partial charge in [0.15, 0.2) is 12.7 Å². The molecule has 0 bridgehead atoms. The molecule has 0 saturated carbocycles. The highest BCUT2D eigenvalue weighted by Crippen LogP contribution is 2.26. The molecule has 0 saturated heterocycles. The fourth-order valence-corrected chi connectivity index (χ4v) is 3.42. The van der Waals surface area contributed by atoms with Crippen molar-refractivity contribution in [2.45, 2.75) is 32.3 Å². The predicted molar refractivity (Wildman–Crippen MR) is 107 cm³/mol. The van der Waals surface area contributed by atoms with E-state index in [1.165, 1.54) is 18.1 Å². The summed E-state index contributed by atoms with van der Waals surface area (Å²) in [6, 6.07) is 10.8. The third-order valence-corrected chi connectivity index (χ3v) is 4.89. The number of H-pyrrole nitrogens is 2. The Morgan fingerprint density at radius 3 is 2.72 bits per heavy atom. The van der Waals surface area contributed by atoms with Gasteiger partial charge in [-0.2, -0.15) is 0 Å². The summed E-state index contributed by atoms with van der Waals surface area (Å²) in [7, 11) is 0. The van der Waals surface area contributed by atoms with Crippen LogP contribution >= 0.6 is 0 Å². The van der Waals surface area contributed by atoms with E-state index in [1.54, 1.807) is 18.2 Å². The normalized spacial score (nSPS) is 13.7. The van der Waals surface area contributed by atoms with Crippen LogP contribution in [0.2, 0.25) is 0 Å². The van der Waals surface area contributed by atoms with Gasteiger partial charge < -0.3 is 24.8 Å². The van der Waals surface area contributed by atoms with E-state index in [4.69, 9.17) is 9.47 Å². The van der Waals surface area contributed by atoms with Gasteiger partial charge >= 0.3 is 11.7 Å². The molecule has 29 heavy (non-hydrogen) atoms. The van der Waals surface area contributed by atoms with Gasteiger partial charge in [0, 0.05) is 5.69 Å². The molecule has 0 unspecified atom stereocenters. The Balaban J connectivity index is 1.29. The molecule has 1 aromatic heterocycles. The average molecular weight is 395 g/mol. The summed E-state index contributed by atoms with van der Waals surface area (Å²) in [5, 5.41) is 2.66. The minimum atomic E-state index is -0.993. The van der Waals surface area contributed by atoms with Crippen LogP contribution in [0.3, 0.4) is 0 Å². The number of aromatic nitrogens is 2. The van der Waals surface area contributed by atoms with Crippen molar-refractivity contribution in [2.24, 2.45) is 0 Å². The minimum absolute atomic E-state index is 0.271. The number of aromatic amines is 2. The summed E-state index contributed by atoms with van der Waals surface area (Å²) >= 11 is 0. The van der Waals surface area contributed by atoms with E-state index in [9.17, 15) is 14.4 Å². The number of nitrogens with one attached hydrogen (secondary N) is 3. The Kier molecular flexibility index (Phi) is 5.07. The van der Waals surface area contributed by atoms with Crippen LogP contribution in [-0.4, -0.2) is 34.6 Å². The molecule has 8 nitrogen and oxygen atoms in total. The van der Waals surface area contributed by atoms with Crippen molar-refractivity contribution in [3.8, 4) is 5.75 Å². The maximum atomic E-state index is 12.3. The molecule has 0 spiro atoms. The first kappa shape index (κ1) is 18.8. The van der Waals surface area contributed by atoms with E-state index in [0.717, 1.165) is 19.3 Å². The van der Waals surface area contributed by atoms with Crippen LogP contribution in [0.15, 0.2) is 41.2 Å². The molecule has 3 aromatic rings. The maximum absolute atomic E-state index is 12.3. The van der Waals surface area contributed by atoms with Gasteiger partial charge in [-0.25, -0.2) is 9.59 Å². The number of carbonyl (C=O) groups is 2. The van der Waals surface area contributed by atoms with E-state index in [2.05, 4.69) is 15.3 Å². The van der Waals surface area contributed by atoms with Crippen molar-refractivity contribution in [3.63, 3.8) is 0 Å². The molecule has 2 aromatic carbocycles. The summed E-state index contributed by atoms with van der Waals surface area (Å²) in [5.41, 5.74) is 3.94. The Morgan fingerprint density at radius 1 is 1.07 bits per heavy atom. The van der Waals surface area contributed by atoms with Gasteiger partial charge in [0.1, 0.15) is 5.75 Å². The molecule has 1 atom stereocenters. The summed E-state index contributed by atoms with van der Waals surface area (Å²) in [6.07, 6.45) is 2.25. The number of anilines is 1. The van der Waals surface area contributed by atoms with Crippen LogP contribution in [0.25, 0.3) is 11.0 Å².